The van der Waals surface area contributed by atoms with Gasteiger partial charge in [0.05, 0.1) is 25.6 Å². The van der Waals surface area contributed by atoms with Crippen LogP contribution in [-0.2, 0) is 6.42 Å². The molecule has 0 atom stereocenters. The Balaban J connectivity index is 1.65. The SMILES string of the molecule is COc1ccc(Cc2nc(C)nn2-c2cc(/C=C/c3ccc(C)cn3)nc(C)n2)cc1OC. The summed E-state index contributed by atoms with van der Waals surface area (Å²) in [5.41, 5.74) is 3.78. The van der Waals surface area contributed by atoms with E-state index >= 15 is 0 Å². The topological polar surface area (TPSA) is 87.8 Å². The molecule has 0 spiro atoms. The van der Waals surface area contributed by atoms with E-state index in [9.17, 15) is 0 Å². The highest BCUT2D eigenvalue weighted by Gasteiger charge is 2.14. The lowest BCUT2D eigenvalue weighted by atomic mass is 10.1. The van der Waals surface area contributed by atoms with Gasteiger partial charge in [0, 0.05) is 18.7 Å². The number of nitrogens with zero attached hydrogens (tertiary/aromatic N) is 6. The van der Waals surface area contributed by atoms with Crippen LogP contribution >= 0.6 is 0 Å². The lowest BCUT2D eigenvalue weighted by Crippen LogP contribution is -2.08. The maximum atomic E-state index is 5.43. The minimum absolute atomic E-state index is 0.558. The smallest absolute Gasteiger partial charge is 0.161 e. The summed E-state index contributed by atoms with van der Waals surface area (Å²) in [5.74, 6) is 4.11. The lowest BCUT2D eigenvalue weighted by Gasteiger charge is -2.10. The fraction of sp³-hybridized carbons (Fsp3) is 0.240. The quantitative estimate of drug-likeness (QED) is 0.425. The molecule has 0 N–H and O–H groups in total. The average molecular weight is 443 g/mol. The van der Waals surface area contributed by atoms with Crippen molar-refractivity contribution in [3.05, 3.63) is 82.6 Å². The van der Waals surface area contributed by atoms with Crippen molar-refractivity contribution in [3.63, 3.8) is 0 Å². The van der Waals surface area contributed by atoms with Gasteiger partial charge in [-0.3, -0.25) is 4.98 Å². The molecule has 3 heterocycles. The zero-order valence-corrected chi connectivity index (χ0v) is 19.4. The Bertz CT molecular complexity index is 1300. The number of aryl methyl sites for hydroxylation is 3. The maximum absolute atomic E-state index is 5.43. The van der Waals surface area contributed by atoms with Gasteiger partial charge in [0.15, 0.2) is 17.3 Å². The summed E-state index contributed by atoms with van der Waals surface area (Å²) >= 11 is 0. The monoisotopic (exact) mass is 442 g/mol. The molecule has 0 aliphatic rings. The van der Waals surface area contributed by atoms with E-state index in [2.05, 4.69) is 25.0 Å². The summed E-state index contributed by atoms with van der Waals surface area (Å²) in [7, 11) is 3.25. The number of hydrogen-bond donors (Lipinski definition) is 0. The number of rotatable bonds is 7. The van der Waals surface area contributed by atoms with Crippen LogP contribution in [0.15, 0.2) is 42.6 Å². The van der Waals surface area contributed by atoms with E-state index in [1.165, 1.54) is 0 Å². The fourth-order valence-electron chi connectivity index (χ4n) is 3.45. The molecule has 3 aromatic heterocycles. The second-order valence-electron chi connectivity index (χ2n) is 7.65. The molecule has 168 valence electrons. The number of ether oxygens (including phenoxy) is 2. The Morgan fingerprint density at radius 3 is 2.33 bits per heavy atom. The van der Waals surface area contributed by atoms with Gasteiger partial charge in [0.2, 0.25) is 0 Å². The summed E-state index contributed by atoms with van der Waals surface area (Å²) in [6.45, 7) is 5.75. The first kappa shape index (κ1) is 22.1. The van der Waals surface area contributed by atoms with Crippen LogP contribution in [0.4, 0.5) is 0 Å². The Hall–Kier alpha value is -4.07. The number of benzene rings is 1. The molecule has 4 aromatic rings. The fourth-order valence-corrected chi connectivity index (χ4v) is 3.45. The van der Waals surface area contributed by atoms with Gasteiger partial charge in [-0.15, -0.1) is 5.10 Å². The van der Waals surface area contributed by atoms with Gasteiger partial charge >= 0.3 is 0 Å². The highest BCUT2D eigenvalue weighted by Crippen LogP contribution is 2.28. The number of hydrogen-bond acceptors (Lipinski definition) is 7. The minimum Gasteiger partial charge on any atom is -0.493 e. The summed E-state index contributed by atoms with van der Waals surface area (Å²) in [5, 5.41) is 4.59. The Morgan fingerprint density at radius 1 is 0.818 bits per heavy atom. The summed E-state index contributed by atoms with van der Waals surface area (Å²) in [6, 6.07) is 11.7. The van der Waals surface area contributed by atoms with Crippen LogP contribution in [0.1, 0.15) is 40.0 Å². The van der Waals surface area contributed by atoms with Crippen molar-refractivity contribution in [1.82, 2.24) is 29.7 Å². The van der Waals surface area contributed by atoms with Gasteiger partial charge < -0.3 is 9.47 Å². The van der Waals surface area contributed by atoms with E-state index in [-0.39, 0.29) is 0 Å². The van der Waals surface area contributed by atoms with Gasteiger partial charge in [-0.1, -0.05) is 12.1 Å². The molecule has 0 unspecified atom stereocenters. The van der Waals surface area contributed by atoms with Crippen molar-refractivity contribution in [1.29, 1.82) is 0 Å². The van der Waals surface area contributed by atoms with Crippen LogP contribution in [0.2, 0.25) is 0 Å². The number of aromatic nitrogens is 6. The molecule has 0 saturated heterocycles. The molecule has 0 aliphatic carbocycles. The second kappa shape index (κ2) is 9.60. The summed E-state index contributed by atoms with van der Waals surface area (Å²) < 4.78 is 12.5. The van der Waals surface area contributed by atoms with E-state index in [1.54, 1.807) is 18.9 Å². The summed E-state index contributed by atoms with van der Waals surface area (Å²) in [6.07, 6.45) is 6.26. The largest absolute Gasteiger partial charge is 0.493 e. The first-order valence-electron chi connectivity index (χ1n) is 10.6. The van der Waals surface area contributed by atoms with Gasteiger partial charge in [-0.2, -0.15) is 4.68 Å². The molecular weight excluding hydrogens is 416 g/mol. The van der Waals surface area contributed by atoms with Crippen LogP contribution in [0.5, 0.6) is 11.5 Å². The zero-order valence-electron chi connectivity index (χ0n) is 19.4. The van der Waals surface area contributed by atoms with E-state index in [1.807, 2.05) is 75.5 Å². The van der Waals surface area contributed by atoms with Gasteiger partial charge in [-0.25, -0.2) is 15.0 Å². The van der Waals surface area contributed by atoms with Gasteiger partial charge in [0.1, 0.15) is 17.5 Å². The third kappa shape index (κ3) is 5.23. The molecule has 0 aliphatic heterocycles. The van der Waals surface area contributed by atoms with E-state index < -0.39 is 0 Å². The molecule has 8 heteroatoms. The molecule has 0 amide bonds. The minimum atomic E-state index is 0.558. The van der Waals surface area contributed by atoms with E-state index in [4.69, 9.17) is 9.47 Å². The molecule has 33 heavy (non-hydrogen) atoms. The van der Waals surface area contributed by atoms with E-state index in [0.29, 0.717) is 35.4 Å². The van der Waals surface area contributed by atoms with E-state index in [0.717, 1.165) is 28.3 Å². The zero-order chi connectivity index (χ0) is 23.4. The van der Waals surface area contributed by atoms with Crippen molar-refractivity contribution >= 4 is 12.2 Å². The highest BCUT2D eigenvalue weighted by molar-refractivity contribution is 5.66. The highest BCUT2D eigenvalue weighted by atomic mass is 16.5. The van der Waals surface area contributed by atoms with Crippen LogP contribution in [0.25, 0.3) is 18.0 Å². The van der Waals surface area contributed by atoms with Crippen LogP contribution in [0, 0.1) is 20.8 Å². The molecule has 0 radical (unpaired) electrons. The van der Waals surface area contributed by atoms with Gasteiger partial charge in [-0.05, 0) is 62.2 Å². The Kier molecular flexibility index (Phi) is 6.44. The first-order chi connectivity index (χ1) is 15.9. The van der Waals surface area contributed by atoms with Crippen LogP contribution in [0.3, 0.4) is 0 Å². The number of methoxy groups -OCH3 is 2. The molecule has 8 nitrogen and oxygen atoms in total. The lowest BCUT2D eigenvalue weighted by molar-refractivity contribution is 0.354. The molecule has 0 saturated carbocycles. The van der Waals surface area contributed by atoms with Crippen molar-refractivity contribution in [3.8, 4) is 17.3 Å². The van der Waals surface area contributed by atoms with Crippen molar-refractivity contribution in [2.24, 2.45) is 0 Å². The molecule has 0 bridgehead atoms. The first-order valence-corrected chi connectivity index (χ1v) is 10.6. The normalized spacial score (nSPS) is 11.2. The maximum Gasteiger partial charge on any atom is 0.161 e. The standard InChI is InChI=1S/C25H26N6O2/c1-16-6-8-20(26-15-16)9-10-21-14-25(28-17(2)27-21)31-24(29-18(3)30-31)13-19-7-11-22(32-4)23(12-19)33-5/h6-12,14-15H,13H2,1-5H3/b10-9+. The average Bonchev–Trinajstić information content (AvgIpc) is 3.18. The molecule has 4 rings (SSSR count). The predicted octanol–water partition coefficient (Wildman–Crippen LogP) is 4.16. The second-order valence-corrected chi connectivity index (χ2v) is 7.65. The summed E-state index contributed by atoms with van der Waals surface area (Å²) in [4.78, 5) is 18.2. The molecular formula is C25H26N6O2. The van der Waals surface area contributed by atoms with Crippen molar-refractivity contribution < 1.29 is 9.47 Å². The van der Waals surface area contributed by atoms with Gasteiger partial charge in [0.25, 0.3) is 0 Å². The molecule has 0 fully saturated rings. The molecule has 1 aromatic carbocycles. The van der Waals surface area contributed by atoms with Crippen molar-refractivity contribution in [2.45, 2.75) is 27.2 Å². The third-order valence-corrected chi connectivity index (χ3v) is 5.01. The van der Waals surface area contributed by atoms with Crippen LogP contribution in [-0.4, -0.2) is 43.9 Å². The Morgan fingerprint density at radius 2 is 1.61 bits per heavy atom. The number of pyridine rings is 1. The van der Waals surface area contributed by atoms with Crippen LogP contribution < -0.4 is 9.47 Å². The predicted molar refractivity (Wildman–Crippen MR) is 127 cm³/mol. The Labute approximate surface area is 193 Å². The third-order valence-electron chi connectivity index (χ3n) is 5.01. The van der Waals surface area contributed by atoms with Crippen molar-refractivity contribution in [2.75, 3.05) is 14.2 Å².